The number of hydrogen-bond acceptors (Lipinski definition) is 4. The Morgan fingerprint density at radius 3 is 2.47 bits per heavy atom. The van der Waals surface area contributed by atoms with Crippen LogP contribution >= 0.6 is 0 Å². The highest BCUT2D eigenvalue weighted by atomic mass is 16.3. The fourth-order valence-corrected chi connectivity index (χ4v) is 5.08. The zero-order valence-corrected chi connectivity index (χ0v) is 16.4. The maximum atomic E-state index is 12.3. The van der Waals surface area contributed by atoms with E-state index in [1.165, 1.54) is 17.2 Å². The van der Waals surface area contributed by atoms with Crippen LogP contribution in [0.25, 0.3) is 11.5 Å². The maximum absolute atomic E-state index is 12.3. The van der Waals surface area contributed by atoms with Crippen molar-refractivity contribution in [1.82, 2.24) is 14.2 Å². The van der Waals surface area contributed by atoms with E-state index in [1.54, 1.807) is 12.4 Å². The molecule has 0 saturated heterocycles. The second kappa shape index (κ2) is 6.10. The summed E-state index contributed by atoms with van der Waals surface area (Å²) in [6.07, 6.45) is 5.35. The molecule has 2 aliphatic heterocycles. The van der Waals surface area contributed by atoms with Crippen LogP contribution in [-0.2, 0) is 0 Å². The Morgan fingerprint density at radius 1 is 0.933 bits per heavy atom. The van der Waals surface area contributed by atoms with E-state index >= 15 is 0 Å². The first kappa shape index (κ1) is 17.1. The van der Waals surface area contributed by atoms with Crippen molar-refractivity contribution in [3.63, 3.8) is 0 Å². The summed E-state index contributed by atoms with van der Waals surface area (Å²) in [6, 6.07) is 20.2. The van der Waals surface area contributed by atoms with Crippen LogP contribution in [0.15, 0.2) is 84.0 Å². The molecule has 3 unspecified atom stereocenters. The van der Waals surface area contributed by atoms with Gasteiger partial charge in [-0.15, -0.1) is 0 Å². The Morgan fingerprint density at radius 2 is 1.67 bits per heavy atom. The summed E-state index contributed by atoms with van der Waals surface area (Å²) < 4.78 is 3.99. The molecule has 2 aromatic carbocycles. The van der Waals surface area contributed by atoms with E-state index in [9.17, 15) is 9.90 Å². The van der Waals surface area contributed by atoms with Gasteiger partial charge in [-0.1, -0.05) is 61.5 Å². The first-order valence-corrected chi connectivity index (χ1v) is 10.1. The van der Waals surface area contributed by atoms with E-state index in [-0.39, 0.29) is 23.9 Å². The van der Waals surface area contributed by atoms with Crippen LogP contribution < -0.4 is 10.4 Å². The van der Waals surface area contributed by atoms with Gasteiger partial charge in [0.05, 0.1) is 6.04 Å². The van der Waals surface area contributed by atoms with Crippen LogP contribution in [0.1, 0.15) is 41.7 Å². The average Bonchev–Trinajstić information content (AvgIpc) is 3.26. The van der Waals surface area contributed by atoms with E-state index < -0.39 is 5.43 Å². The molecule has 0 bridgehead atoms. The van der Waals surface area contributed by atoms with Crippen molar-refractivity contribution in [1.29, 1.82) is 0 Å². The topological polar surface area (TPSA) is 63.3 Å². The van der Waals surface area contributed by atoms with Gasteiger partial charge in [0.2, 0.25) is 5.43 Å². The van der Waals surface area contributed by atoms with Gasteiger partial charge in [-0.2, -0.15) is 0 Å². The van der Waals surface area contributed by atoms with Gasteiger partial charge in [0.25, 0.3) is 0 Å². The number of benzene rings is 2. The molecule has 4 aromatic rings. The highest BCUT2D eigenvalue weighted by Crippen LogP contribution is 2.50. The van der Waals surface area contributed by atoms with Crippen molar-refractivity contribution in [3.8, 4) is 17.3 Å². The van der Waals surface area contributed by atoms with Crippen LogP contribution in [0.3, 0.4) is 0 Å². The van der Waals surface area contributed by atoms with Gasteiger partial charge in [0, 0.05) is 30.6 Å². The van der Waals surface area contributed by atoms with Crippen LogP contribution in [0.5, 0.6) is 5.75 Å². The standard InChI is InChI=1S/C24H20N4O2/c1-15-17-9-5-6-10-18(17)20(16-7-3-2-4-8-16)28-24(15)26-14-12-25-23(26)21-22(30)19(29)11-13-27(21)28/h2-15,20,24,30H,1H3. The fraction of sp³-hybridized carbons (Fsp3) is 0.167. The van der Waals surface area contributed by atoms with Crippen LogP contribution in [-0.4, -0.2) is 19.3 Å². The molecule has 4 heterocycles. The van der Waals surface area contributed by atoms with Crippen molar-refractivity contribution in [2.24, 2.45) is 0 Å². The Labute approximate surface area is 173 Å². The molecule has 0 fully saturated rings. The predicted octanol–water partition coefficient (Wildman–Crippen LogP) is 3.77. The highest BCUT2D eigenvalue weighted by molar-refractivity contribution is 5.63. The molecular weight excluding hydrogens is 376 g/mol. The fourth-order valence-electron chi connectivity index (χ4n) is 5.08. The Bertz CT molecular complexity index is 1320. The molecule has 0 spiro atoms. The van der Waals surface area contributed by atoms with Gasteiger partial charge in [0.15, 0.2) is 17.3 Å². The lowest BCUT2D eigenvalue weighted by Crippen LogP contribution is -2.52. The molecule has 148 valence electrons. The monoisotopic (exact) mass is 396 g/mol. The highest BCUT2D eigenvalue weighted by Gasteiger charge is 2.45. The lowest BCUT2D eigenvalue weighted by atomic mass is 9.81. The second-order valence-corrected chi connectivity index (χ2v) is 7.90. The minimum Gasteiger partial charge on any atom is -0.503 e. The van der Waals surface area contributed by atoms with E-state index in [0.29, 0.717) is 11.5 Å². The number of fused-ring (bicyclic) bond motifs is 7. The molecule has 0 amide bonds. The quantitative estimate of drug-likeness (QED) is 0.532. The maximum Gasteiger partial charge on any atom is 0.224 e. The average molecular weight is 396 g/mol. The summed E-state index contributed by atoms with van der Waals surface area (Å²) in [5, 5.41) is 13.0. The molecule has 0 radical (unpaired) electrons. The van der Waals surface area contributed by atoms with E-state index in [4.69, 9.17) is 0 Å². The summed E-state index contributed by atoms with van der Waals surface area (Å²) in [5.74, 6) is 0.495. The lowest BCUT2D eigenvalue weighted by Gasteiger charge is -2.51. The number of pyridine rings is 1. The number of aromatic hydroxyl groups is 1. The molecule has 6 heteroatoms. The molecule has 2 aliphatic rings. The van der Waals surface area contributed by atoms with Gasteiger partial charge in [-0.3, -0.25) is 14.5 Å². The van der Waals surface area contributed by atoms with E-state index in [2.05, 4.69) is 57.9 Å². The Balaban J connectivity index is 1.72. The zero-order chi connectivity index (χ0) is 20.4. The van der Waals surface area contributed by atoms with Crippen molar-refractivity contribution in [2.45, 2.75) is 25.0 Å². The molecule has 1 N–H and O–H groups in total. The van der Waals surface area contributed by atoms with Gasteiger partial charge in [-0.25, -0.2) is 4.98 Å². The van der Waals surface area contributed by atoms with Crippen molar-refractivity contribution < 1.29 is 5.11 Å². The molecule has 6 rings (SSSR count). The third-order valence-electron chi connectivity index (χ3n) is 6.35. The molecule has 2 aromatic heterocycles. The summed E-state index contributed by atoms with van der Waals surface area (Å²) >= 11 is 0. The number of nitrogens with zero attached hydrogens (tertiary/aromatic N) is 4. The summed E-state index contributed by atoms with van der Waals surface area (Å²) in [6.45, 7) is 2.22. The first-order chi connectivity index (χ1) is 14.7. The van der Waals surface area contributed by atoms with Gasteiger partial charge < -0.3 is 9.67 Å². The second-order valence-electron chi connectivity index (χ2n) is 7.90. The normalized spacial score (nSPS) is 21.4. The largest absolute Gasteiger partial charge is 0.503 e. The Kier molecular flexibility index (Phi) is 3.47. The molecule has 30 heavy (non-hydrogen) atoms. The van der Waals surface area contributed by atoms with Crippen molar-refractivity contribution in [2.75, 3.05) is 5.01 Å². The number of aromatic nitrogens is 3. The number of rotatable bonds is 1. The van der Waals surface area contributed by atoms with Gasteiger partial charge in [-0.05, 0) is 16.7 Å². The van der Waals surface area contributed by atoms with Crippen LogP contribution in [0.4, 0.5) is 0 Å². The SMILES string of the molecule is CC1c2ccccc2C(c2ccccc2)N2C1n1ccnc1-c1c(O)c(=O)ccn12. The Hall–Kier alpha value is -3.80. The van der Waals surface area contributed by atoms with E-state index in [0.717, 1.165) is 5.56 Å². The molecule has 0 saturated carbocycles. The third kappa shape index (κ3) is 2.13. The zero-order valence-electron chi connectivity index (χ0n) is 16.4. The number of hydrogen-bond donors (Lipinski definition) is 1. The third-order valence-corrected chi connectivity index (χ3v) is 6.35. The first-order valence-electron chi connectivity index (χ1n) is 10.1. The van der Waals surface area contributed by atoms with E-state index in [1.807, 2.05) is 29.1 Å². The minimum atomic E-state index is -0.407. The summed E-state index contributed by atoms with van der Waals surface area (Å²) in [4.78, 5) is 16.8. The number of imidazole rings is 1. The molecule has 6 nitrogen and oxygen atoms in total. The summed E-state index contributed by atoms with van der Waals surface area (Å²) in [7, 11) is 0. The summed E-state index contributed by atoms with van der Waals surface area (Å²) in [5.41, 5.74) is 3.68. The molecule has 0 aliphatic carbocycles. The van der Waals surface area contributed by atoms with Crippen molar-refractivity contribution >= 4 is 0 Å². The predicted molar refractivity (Wildman–Crippen MR) is 114 cm³/mol. The smallest absolute Gasteiger partial charge is 0.224 e. The lowest BCUT2D eigenvalue weighted by molar-refractivity contribution is 0.280. The van der Waals surface area contributed by atoms with Gasteiger partial charge >= 0.3 is 0 Å². The van der Waals surface area contributed by atoms with Crippen LogP contribution in [0.2, 0.25) is 0 Å². The van der Waals surface area contributed by atoms with Gasteiger partial charge in [0.1, 0.15) is 6.17 Å². The molecular formula is C24H20N4O2. The van der Waals surface area contributed by atoms with Crippen molar-refractivity contribution in [3.05, 3.63) is 106 Å². The van der Waals surface area contributed by atoms with Crippen LogP contribution in [0, 0.1) is 0 Å². The minimum absolute atomic E-state index is 0.0583. The molecule has 3 atom stereocenters.